The molecule has 53 heavy (non-hydrogen) atoms. The molecule has 0 atom stereocenters. The van der Waals surface area contributed by atoms with Gasteiger partial charge in [-0.15, -0.1) is 0 Å². The summed E-state index contributed by atoms with van der Waals surface area (Å²) in [4.78, 5) is 15.2. The third-order valence-corrected chi connectivity index (χ3v) is 11.2. The largest absolute Gasteiger partial charge is 0.208 e. The predicted molar refractivity (Wildman–Crippen MR) is 215 cm³/mol. The Balaban J connectivity index is 1.08. The number of aromatic nitrogens is 3. The molecular weight excluding hydrogens is 643 g/mol. The van der Waals surface area contributed by atoms with Gasteiger partial charge in [0.05, 0.1) is 5.41 Å². The van der Waals surface area contributed by atoms with Gasteiger partial charge in [0.2, 0.25) is 0 Å². The molecular formula is C50H31N3. The number of benzene rings is 8. The van der Waals surface area contributed by atoms with Crippen molar-refractivity contribution in [2.75, 3.05) is 0 Å². The zero-order chi connectivity index (χ0) is 34.9. The average Bonchev–Trinajstić information content (AvgIpc) is 3.72. The summed E-state index contributed by atoms with van der Waals surface area (Å²) >= 11 is 0. The molecule has 9 aromatic rings. The van der Waals surface area contributed by atoms with E-state index in [1.807, 2.05) is 24.3 Å². The normalized spacial score (nSPS) is 13.1. The monoisotopic (exact) mass is 673 g/mol. The first-order valence-electron chi connectivity index (χ1n) is 18.1. The highest BCUT2D eigenvalue weighted by molar-refractivity contribution is 6.07. The fourth-order valence-electron chi connectivity index (χ4n) is 8.85. The van der Waals surface area contributed by atoms with Gasteiger partial charge in [-0.05, 0) is 72.5 Å². The summed E-state index contributed by atoms with van der Waals surface area (Å²) in [5.41, 5.74) is 15.4. The molecule has 0 unspecified atom stereocenters. The van der Waals surface area contributed by atoms with E-state index in [2.05, 4.69) is 164 Å². The molecule has 1 aromatic heterocycles. The third-order valence-electron chi connectivity index (χ3n) is 11.2. The molecule has 2 aliphatic carbocycles. The van der Waals surface area contributed by atoms with E-state index in [1.54, 1.807) is 0 Å². The maximum atomic E-state index is 5.10. The van der Waals surface area contributed by atoms with Gasteiger partial charge < -0.3 is 0 Å². The Morgan fingerprint density at radius 3 is 1.36 bits per heavy atom. The van der Waals surface area contributed by atoms with Crippen molar-refractivity contribution in [3.8, 4) is 67.5 Å². The fraction of sp³-hybridized carbons (Fsp3) is 0.0200. The quantitative estimate of drug-likeness (QED) is 0.187. The SMILES string of the molecule is c1ccc(-c2ccc(-c3nc(-c4ccccc4)nc(-c4ccc5c6c(ccc5c4)C4(c5ccccc5-c5ccccc54)c4ccccc4-6)n3)cc2)cc1. The molecule has 0 saturated carbocycles. The predicted octanol–water partition coefficient (Wildman–Crippen LogP) is 12.0. The Hall–Kier alpha value is -6.97. The molecule has 1 heterocycles. The Morgan fingerprint density at radius 1 is 0.302 bits per heavy atom. The maximum absolute atomic E-state index is 5.10. The third kappa shape index (κ3) is 4.38. The second-order valence-corrected chi connectivity index (χ2v) is 13.9. The van der Waals surface area contributed by atoms with Crippen LogP contribution in [0.25, 0.3) is 78.3 Å². The van der Waals surface area contributed by atoms with Gasteiger partial charge in [-0.3, -0.25) is 0 Å². The smallest absolute Gasteiger partial charge is 0.164 e. The van der Waals surface area contributed by atoms with Crippen LogP contribution in [0.5, 0.6) is 0 Å². The first-order valence-corrected chi connectivity index (χ1v) is 18.1. The first kappa shape index (κ1) is 29.7. The minimum atomic E-state index is -0.365. The standard InChI is InChI=1S/C50H31N3/c1-3-13-32(14-4-1)33-23-25-35(26-24-33)48-51-47(34-15-5-2-6-16-34)52-49(53-48)37-27-29-38-36(31-37)28-30-45-46(38)41-19-9-12-22-44(41)50(45)42-20-10-7-17-39(42)40-18-8-11-21-43(40)50/h1-31H. The van der Waals surface area contributed by atoms with Crippen LogP contribution in [-0.2, 0) is 5.41 Å². The molecule has 0 fully saturated rings. The van der Waals surface area contributed by atoms with Crippen LogP contribution < -0.4 is 0 Å². The van der Waals surface area contributed by atoms with Gasteiger partial charge in [-0.25, -0.2) is 15.0 Å². The molecule has 0 bridgehead atoms. The zero-order valence-corrected chi connectivity index (χ0v) is 28.7. The van der Waals surface area contributed by atoms with E-state index in [-0.39, 0.29) is 5.41 Å². The van der Waals surface area contributed by atoms with Gasteiger partial charge in [-0.2, -0.15) is 0 Å². The molecule has 3 heteroatoms. The number of hydrogen-bond donors (Lipinski definition) is 0. The van der Waals surface area contributed by atoms with Gasteiger partial charge in [0.1, 0.15) is 0 Å². The molecule has 3 nitrogen and oxygen atoms in total. The molecule has 0 saturated heterocycles. The number of fused-ring (bicyclic) bond motifs is 12. The van der Waals surface area contributed by atoms with E-state index in [4.69, 9.17) is 15.0 Å². The highest BCUT2D eigenvalue weighted by Crippen LogP contribution is 2.63. The summed E-state index contributed by atoms with van der Waals surface area (Å²) in [5, 5.41) is 2.38. The van der Waals surface area contributed by atoms with Gasteiger partial charge >= 0.3 is 0 Å². The summed E-state index contributed by atoms with van der Waals surface area (Å²) < 4.78 is 0. The zero-order valence-electron chi connectivity index (χ0n) is 28.7. The van der Waals surface area contributed by atoms with E-state index in [0.29, 0.717) is 17.5 Å². The number of hydrogen-bond acceptors (Lipinski definition) is 3. The van der Waals surface area contributed by atoms with Gasteiger partial charge in [0, 0.05) is 16.7 Å². The van der Waals surface area contributed by atoms with Gasteiger partial charge in [0.15, 0.2) is 17.5 Å². The highest BCUT2D eigenvalue weighted by Gasteiger charge is 2.51. The minimum Gasteiger partial charge on any atom is -0.208 e. The van der Waals surface area contributed by atoms with Crippen LogP contribution in [0, 0.1) is 0 Å². The van der Waals surface area contributed by atoms with Crippen LogP contribution in [0.2, 0.25) is 0 Å². The van der Waals surface area contributed by atoms with Crippen molar-refractivity contribution in [1.82, 2.24) is 15.0 Å². The van der Waals surface area contributed by atoms with Crippen molar-refractivity contribution in [2.24, 2.45) is 0 Å². The second kappa shape index (κ2) is 11.5. The Bertz CT molecular complexity index is 2830. The Labute approximate surface area is 308 Å². The Kier molecular flexibility index (Phi) is 6.47. The second-order valence-electron chi connectivity index (χ2n) is 13.9. The van der Waals surface area contributed by atoms with E-state index in [0.717, 1.165) is 27.6 Å². The fourth-order valence-corrected chi connectivity index (χ4v) is 8.85. The summed E-state index contributed by atoms with van der Waals surface area (Å²) in [6.45, 7) is 0. The lowest BCUT2D eigenvalue weighted by Crippen LogP contribution is -2.25. The lowest BCUT2D eigenvalue weighted by atomic mass is 9.70. The molecule has 246 valence electrons. The van der Waals surface area contributed by atoms with Crippen LogP contribution >= 0.6 is 0 Å². The molecule has 11 rings (SSSR count). The van der Waals surface area contributed by atoms with Crippen molar-refractivity contribution >= 4 is 10.8 Å². The summed E-state index contributed by atoms with van der Waals surface area (Å²) in [6, 6.07) is 67.3. The number of rotatable bonds is 4. The van der Waals surface area contributed by atoms with Crippen molar-refractivity contribution in [3.63, 3.8) is 0 Å². The topological polar surface area (TPSA) is 38.7 Å². The molecule has 0 aliphatic heterocycles. The van der Waals surface area contributed by atoms with Crippen LogP contribution in [0.1, 0.15) is 22.3 Å². The van der Waals surface area contributed by atoms with Gasteiger partial charge in [0.25, 0.3) is 0 Å². The van der Waals surface area contributed by atoms with E-state index in [9.17, 15) is 0 Å². The van der Waals surface area contributed by atoms with Gasteiger partial charge in [-0.1, -0.05) is 182 Å². The van der Waals surface area contributed by atoms with E-state index >= 15 is 0 Å². The molecule has 8 aromatic carbocycles. The maximum Gasteiger partial charge on any atom is 0.164 e. The van der Waals surface area contributed by atoms with Crippen LogP contribution in [0.4, 0.5) is 0 Å². The van der Waals surface area contributed by atoms with Crippen LogP contribution in [-0.4, -0.2) is 15.0 Å². The van der Waals surface area contributed by atoms with Crippen LogP contribution in [0.15, 0.2) is 188 Å². The van der Waals surface area contributed by atoms with Crippen LogP contribution in [0.3, 0.4) is 0 Å². The summed E-state index contributed by atoms with van der Waals surface area (Å²) in [7, 11) is 0. The summed E-state index contributed by atoms with van der Waals surface area (Å²) in [5.74, 6) is 1.96. The van der Waals surface area contributed by atoms with Crippen molar-refractivity contribution in [1.29, 1.82) is 0 Å². The molecule has 0 amide bonds. The Morgan fingerprint density at radius 2 is 0.736 bits per heavy atom. The molecule has 0 radical (unpaired) electrons. The minimum absolute atomic E-state index is 0.365. The molecule has 0 N–H and O–H groups in total. The van der Waals surface area contributed by atoms with E-state index < -0.39 is 0 Å². The number of nitrogens with zero attached hydrogens (tertiary/aromatic N) is 3. The summed E-state index contributed by atoms with van der Waals surface area (Å²) in [6.07, 6.45) is 0. The highest BCUT2D eigenvalue weighted by atomic mass is 15.0. The van der Waals surface area contributed by atoms with Crippen molar-refractivity contribution in [2.45, 2.75) is 5.41 Å². The average molecular weight is 674 g/mol. The lowest BCUT2D eigenvalue weighted by molar-refractivity contribution is 0.794. The molecule has 1 spiro atoms. The van der Waals surface area contributed by atoms with Crippen molar-refractivity contribution < 1.29 is 0 Å². The van der Waals surface area contributed by atoms with E-state index in [1.165, 1.54) is 55.5 Å². The molecule has 2 aliphatic rings. The lowest BCUT2D eigenvalue weighted by Gasteiger charge is -2.30. The first-order chi connectivity index (χ1) is 26.3. The van der Waals surface area contributed by atoms with Crippen molar-refractivity contribution in [3.05, 3.63) is 210 Å².